The number of aromatic nitrogens is 1. The molecule has 1 aliphatic rings. The van der Waals surface area contributed by atoms with E-state index in [1.54, 1.807) is 23.6 Å². The maximum absolute atomic E-state index is 13.2. The predicted molar refractivity (Wildman–Crippen MR) is 120 cm³/mol. The topological polar surface area (TPSA) is 79.4 Å². The van der Waals surface area contributed by atoms with Gasteiger partial charge in [-0.3, -0.25) is 4.79 Å². The van der Waals surface area contributed by atoms with Gasteiger partial charge in [0.05, 0.1) is 15.6 Å². The van der Waals surface area contributed by atoms with Gasteiger partial charge in [-0.25, -0.2) is 17.8 Å². The van der Waals surface area contributed by atoms with Crippen molar-refractivity contribution < 1.29 is 17.6 Å². The van der Waals surface area contributed by atoms with Crippen LogP contribution in [0.2, 0.25) is 10.0 Å². The van der Waals surface area contributed by atoms with Gasteiger partial charge in [-0.2, -0.15) is 4.31 Å². The van der Waals surface area contributed by atoms with Crippen LogP contribution in [-0.2, 0) is 14.8 Å². The lowest BCUT2D eigenvalue weighted by molar-refractivity contribution is -0.119. The zero-order chi connectivity index (χ0) is 22.2. The Morgan fingerprint density at radius 3 is 2.68 bits per heavy atom. The Kier molecular flexibility index (Phi) is 6.32. The van der Waals surface area contributed by atoms with E-state index in [4.69, 9.17) is 23.2 Å². The molecular formula is C20H16Cl2FN3O3S2. The Labute approximate surface area is 192 Å². The highest BCUT2D eigenvalue weighted by Crippen LogP contribution is 2.33. The number of amides is 1. The molecule has 1 aromatic heterocycles. The zero-order valence-electron chi connectivity index (χ0n) is 15.9. The van der Waals surface area contributed by atoms with E-state index in [0.29, 0.717) is 39.3 Å². The Morgan fingerprint density at radius 1 is 1.19 bits per heavy atom. The summed E-state index contributed by atoms with van der Waals surface area (Å²) in [6.45, 7) is 0.207. The summed E-state index contributed by atoms with van der Waals surface area (Å²) in [5, 5.41) is 5.73. The maximum atomic E-state index is 13.2. The number of carbonyl (C=O) groups excluding carboxylic acids is 1. The van der Waals surface area contributed by atoms with Crippen molar-refractivity contribution in [2.24, 2.45) is 0 Å². The molecule has 0 saturated carbocycles. The number of nitrogens with one attached hydrogen (secondary N) is 1. The summed E-state index contributed by atoms with van der Waals surface area (Å²) in [6, 6.07) is 8.67. The third-order valence-electron chi connectivity index (χ3n) is 4.87. The summed E-state index contributed by atoms with van der Waals surface area (Å²) >= 11 is 13.4. The third kappa shape index (κ3) is 4.61. The quantitative estimate of drug-likeness (QED) is 0.532. The third-order valence-corrected chi connectivity index (χ3v) is 8.11. The SMILES string of the molecule is O=C(Nc1nc(-c2cc(Cl)ccc2Cl)cs1)C1CCCN1S(=O)(=O)c1ccc(F)cc1. The number of benzene rings is 2. The van der Waals surface area contributed by atoms with Crippen LogP contribution in [0.1, 0.15) is 12.8 Å². The van der Waals surface area contributed by atoms with Crippen LogP contribution in [0, 0.1) is 5.82 Å². The van der Waals surface area contributed by atoms with E-state index in [9.17, 15) is 17.6 Å². The lowest BCUT2D eigenvalue weighted by Gasteiger charge is -2.23. The Hall–Kier alpha value is -2.04. The first-order valence-electron chi connectivity index (χ1n) is 9.25. The van der Waals surface area contributed by atoms with Gasteiger partial charge in [-0.05, 0) is 55.3 Å². The second-order valence-electron chi connectivity index (χ2n) is 6.88. The minimum Gasteiger partial charge on any atom is -0.301 e. The van der Waals surface area contributed by atoms with Crippen molar-refractivity contribution in [1.29, 1.82) is 0 Å². The van der Waals surface area contributed by atoms with E-state index in [2.05, 4.69) is 10.3 Å². The number of nitrogens with zero attached hydrogens (tertiary/aromatic N) is 2. The first kappa shape index (κ1) is 22.2. The zero-order valence-corrected chi connectivity index (χ0v) is 19.0. The highest BCUT2D eigenvalue weighted by Gasteiger charge is 2.39. The molecule has 0 radical (unpaired) electrons. The number of halogens is 3. The van der Waals surface area contributed by atoms with Crippen molar-refractivity contribution >= 4 is 55.6 Å². The normalized spacial score (nSPS) is 17.1. The average molecular weight is 500 g/mol. The smallest absolute Gasteiger partial charge is 0.244 e. The van der Waals surface area contributed by atoms with Crippen molar-refractivity contribution in [3.63, 3.8) is 0 Å². The van der Waals surface area contributed by atoms with Crippen LogP contribution in [-0.4, -0.2) is 36.2 Å². The van der Waals surface area contributed by atoms with Crippen molar-refractivity contribution in [3.8, 4) is 11.3 Å². The molecule has 0 aliphatic carbocycles. The fraction of sp³-hybridized carbons (Fsp3) is 0.200. The van der Waals surface area contributed by atoms with Crippen LogP contribution in [0.25, 0.3) is 11.3 Å². The van der Waals surface area contributed by atoms with Crippen molar-refractivity contribution in [1.82, 2.24) is 9.29 Å². The summed E-state index contributed by atoms with van der Waals surface area (Å²) in [5.74, 6) is -1.00. The van der Waals surface area contributed by atoms with Gasteiger partial charge < -0.3 is 5.32 Å². The van der Waals surface area contributed by atoms with Crippen LogP contribution in [0.4, 0.5) is 9.52 Å². The van der Waals surface area contributed by atoms with Gasteiger partial charge in [0.15, 0.2) is 5.13 Å². The minimum atomic E-state index is -3.93. The molecule has 6 nitrogen and oxygen atoms in total. The molecule has 1 unspecified atom stereocenters. The molecule has 0 bridgehead atoms. The summed E-state index contributed by atoms with van der Waals surface area (Å²) in [6.07, 6.45) is 0.921. The van der Waals surface area contributed by atoms with Gasteiger partial charge >= 0.3 is 0 Å². The van der Waals surface area contributed by atoms with Crippen molar-refractivity contribution in [2.45, 2.75) is 23.8 Å². The standard InChI is InChI=1S/C20H16Cl2FN3O3S2/c21-12-3-8-16(22)15(10-12)17-11-30-20(24-17)25-19(27)18-2-1-9-26(18)31(28,29)14-6-4-13(23)5-7-14/h3-8,10-11,18H,1-2,9H2,(H,24,25,27). The van der Waals surface area contributed by atoms with Crippen LogP contribution >= 0.6 is 34.5 Å². The van der Waals surface area contributed by atoms with E-state index in [1.165, 1.54) is 23.5 Å². The second-order valence-corrected chi connectivity index (χ2v) is 10.5. The van der Waals surface area contributed by atoms with Crippen LogP contribution < -0.4 is 5.32 Å². The number of thiazole rings is 1. The van der Waals surface area contributed by atoms with Gasteiger partial charge in [-0.1, -0.05) is 23.2 Å². The van der Waals surface area contributed by atoms with E-state index < -0.39 is 27.8 Å². The molecule has 2 aromatic carbocycles. The highest BCUT2D eigenvalue weighted by atomic mass is 35.5. The van der Waals surface area contributed by atoms with E-state index >= 15 is 0 Å². The Bertz CT molecular complexity index is 1230. The molecule has 1 N–H and O–H groups in total. The fourth-order valence-corrected chi connectivity index (χ4v) is 6.13. The van der Waals surface area contributed by atoms with E-state index in [-0.39, 0.29) is 11.4 Å². The van der Waals surface area contributed by atoms with Crippen LogP contribution in [0.15, 0.2) is 52.7 Å². The van der Waals surface area contributed by atoms with Gasteiger partial charge in [0.1, 0.15) is 11.9 Å². The molecule has 31 heavy (non-hydrogen) atoms. The molecule has 1 atom stereocenters. The summed E-state index contributed by atoms with van der Waals surface area (Å²) in [7, 11) is -3.93. The lowest BCUT2D eigenvalue weighted by atomic mass is 10.2. The summed E-state index contributed by atoms with van der Waals surface area (Å²) in [4.78, 5) is 17.2. The first-order valence-corrected chi connectivity index (χ1v) is 12.3. The molecule has 2 heterocycles. The number of hydrogen-bond donors (Lipinski definition) is 1. The lowest BCUT2D eigenvalue weighted by Crippen LogP contribution is -2.43. The first-order chi connectivity index (χ1) is 14.8. The van der Waals surface area contributed by atoms with E-state index in [1.807, 2.05) is 0 Å². The minimum absolute atomic E-state index is 0.0549. The second kappa shape index (κ2) is 8.84. The molecule has 0 spiro atoms. The van der Waals surface area contributed by atoms with Gasteiger partial charge in [0.25, 0.3) is 0 Å². The average Bonchev–Trinajstić information content (AvgIpc) is 3.40. The van der Waals surface area contributed by atoms with Crippen LogP contribution in [0.5, 0.6) is 0 Å². The molecule has 1 amide bonds. The summed E-state index contributed by atoms with van der Waals surface area (Å²) < 4.78 is 40.2. The molecule has 3 aromatic rings. The van der Waals surface area contributed by atoms with Crippen molar-refractivity contribution in [3.05, 3.63) is 63.7 Å². The number of carbonyl (C=O) groups is 1. The summed E-state index contributed by atoms with van der Waals surface area (Å²) in [5.41, 5.74) is 1.18. The Balaban J connectivity index is 1.53. The highest BCUT2D eigenvalue weighted by molar-refractivity contribution is 7.89. The number of anilines is 1. The molecule has 11 heteroatoms. The van der Waals surface area contributed by atoms with Gasteiger partial charge in [-0.15, -0.1) is 11.3 Å². The Morgan fingerprint density at radius 2 is 1.94 bits per heavy atom. The van der Waals surface area contributed by atoms with E-state index in [0.717, 1.165) is 16.4 Å². The largest absolute Gasteiger partial charge is 0.301 e. The van der Waals surface area contributed by atoms with Crippen LogP contribution in [0.3, 0.4) is 0 Å². The monoisotopic (exact) mass is 499 g/mol. The molecule has 1 saturated heterocycles. The molecule has 4 rings (SSSR count). The van der Waals surface area contributed by atoms with Gasteiger partial charge in [0, 0.05) is 22.5 Å². The molecule has 1 fully saturated rings. The maximum Gasteiger partial charge on any atom is 0.244 e. The number of sulfonamides is 1. The van der Waals surface area contributed by atoms with Gasteiger partial charge in [0.2, 0.25) is 15.9 Å². The predicted octanol–water partition coefficient (Wildman–Crippen LogP) is 5.05. The number of rotatable bonds is 5. The molecular weight excluding hydrogens is 484 g/mol. The number of hydrogen-bond acceptors (Lipinski definition) is 5. The van der Waals surface area contributed by atoms with Crippen molar-refractivity contribution in [2.75, 3.05) is 11.9 Å². The molecule has 1 aliphatic heterocycles. The fourth-order valence-electron chi connectivity index (χ4n) is 3.37. The molecule has 162 valence electrons.